The maximum absolute atomic E-state index is 14.0. The minimum Gasteiger partial charge on any atom is -0.468 e. The van der Waals surface area contributed by atoms with Crippen molar-refractivity contribution in [2.75, 3.05) is 12.4 Å². The Balaban J connectivity index is 1.80. The number of allylic oxidation sites excluding steroid dienone is 2. The second kappa shape index (κ2) is 7.30. The van der Waals surface area contributed by atoms with Crippen LogP contribution in [-0.2, 0) is 14.3 Å². The number of hydrogen-bond donors (Lipinski definition) is 1. The van der Waals surface area contributed by atoms with Crippen LogP contribution in [0.4, 0.5) is 5.69 Å². The molecule has 1 N–H and O–H groups in total. The summed E-state index contributed by atoms with van der Waals surface area (Å²) in [5, 5.41) is 4.55. The first-order chi connectivity index (χ1) is 15.3. The summed E-state index contributed by atoms with van der Waals surface area (Å²) in [6, 6.07) is 16.3. The van der Waals surface area contributed by atoms with E-state index >= 15 is 0 Å². The molecule has 5 rings (SSSR count). The first-order valence-corrected chi connectivity index (χ1v) is 10.9. The first kappa shape index (κ1) is 20.4. The highest BCUT2D eigenvalue weighted by Gasteiger charge is 2.51. The number of fused-ring (bicyclic) bond motifs is 3. The number of carbonyl (C=O) groups is 2. The molecule has 3 aromatic rings. The predicted octanol–water partition coefficient (Wildman–Crippen LogP) is 5.14. The maximum atomic E-state index is 14.0. The summed E-state index contributed by atoms with van der Waals surface area (Å²) in [6.45, 7) is 5.96. The van der Waals surface area contributed by atoms with Crippen LogP contribution in [0.3, 0.4) is 0 Å². The van der Waals surface area contributed by atoms with Crippen molar-refractivity contribution in [2.24, 2.45) is 11.3 Å². The van der Waals surface area contributed by atoms with Gasteiger partial charge in [-0.25, -0.2) is 0 Å². The molecule has 5 heteroatoms. The Morgan fingerprint density at radius 2 is 1.88 bits per heavy atom. The molecule has 2 heterocycles. The van der Waals surface area contributed by atoms with Crippen molar-refractivity contribution in [1.29, 1.82) is 0 Å². The lowest BCUT2D eigenvalue weighted by Crippen LogP contribution is -2.45. The molecule has 0 radical (unpaired) electrons. The lowest BCUT2D eigenvalue weighted by molar-refractivity contribution is -0.154. The van der Waals surface area contributed by atoms with Crippen LogP contribution in [0.1, 0.15) is 42.9 Å². The molecular weight excluding hydrogens is 400 g/mol. The highest BCUT2D eigenvalue weighted by Crippen LogP contribution is 2.52. The fourth-order valence-corrected chi connectivity index (χ4v) is 5.28. The van der Waals surface area contributed by atoms with Gasteiger partial charge >= 0.3 is 5.97 Å². The van der Waals surface area contributed by atoms with Crippen LogP contribution in [0.15, 0.2) is 66.0 Å². The number of pyridine rings is 1. The topological polar surface area (TPSA) is 68.3 Å². The van der Waals surface area contributed by atoms with Crippen molar-refractivity contribution in [3.63, 3.8) is 0 Å². The first-order valence-electron chi connectivity index (χ1n) is 10.9. The summed E-state index contributed by atoms with van der Waals surface area (Å²) in [5.74, 6) is -1.76. The molecule has 2 atom stereocenters. The Kier molecular flexibility index (Phi) is 4.66. The van der Waals surface area contributed by atoms with Crippen LogP contribution in [-0.4, -0.2) is 23.8 Å². The number of rotatable bonds is 2. The van der Waals surface area contributed by atoms with Gasteiger partial charge in [0.1, 0.15) is 5.92 Å². The van der Waals surface area contributed by atoms with E-state index in [2.05, 4.69) is 34.6 Å². The fraction of sp³-hybridized carbons (Fsp3) is 0.296. The number of Topliss-reactive ketones (excluding diaryl/α,β-unsaturated/α-hetero) is 1. The van der Waals surface area contributed by atoms with Crippen molar-refractivity contribution in [3.8, 4) is 0 Å². The molecule has 2 aromatic carbocycles. The summed E-state index contributed by atoms with van der Waals surface area (Å²) in [4.78, 5) is 31.2. The van der Waals surface area contributed by atoms with Gasteiger partial charge in [-0.2, -0.15) is 0 Å². The third-order valence-corrected chi connectivity index (χ3v) is 6.80. The third kappa shape index (κ3) is 3.03. The predicted molar refractivity (Wildman–Crippen MR) is 124 cm³/mol. The Labute approximate surface area is 187 Å². The number of methoxy groups -OCH3 is 1. The third-order valence-electron chi connectivity index (χ3n) is 6.80. The van der Waals surface area contributed by atoms with Crippen LogP contribution in [0, 0.1) is 18.3 Å². The Morgan fingerprint density at radius 3 is 2.59 bits per heavy atom. The van der Waals surface area contributed by atoms with Crippen molar-refractivity contribution in [2.45, 2.75) is 33.1 Å². The minimum absolute atomic E-state index is 0.160. The number of nitrogens with one attached hydrogen (secondary N) is 1. The van der Waals surface area contributed by atoms with Gasteiger partial charge in [0.15, 0.2) is 5.78 Å². The highest BCUT2D eigenvalue weighted by molar-refractivity contribution is 6.13. The second-order valence-electron chi connectivity index (χ2n) is 9.44. The molecule has 2 aliphatic rings. The average Bonchev–Trinajstić information content (AvgIpc) is 2.77. The molecule has 162 valence electrons. The number of aromatic nitrogens is 1. The molecule has 1 aromatic heterocycles. The van der Waals surface area contributed by atoms with E-state index in [-0.39, 0.29) is 11.7 Å². The number of nitrogens with zero attached hydrogens (tertiary/aromatic N) is 1. The fourth-order valence-electron chi connectivity index (χ4n) is 5.28. The van der Waals surface area contributed by atoms with Gasteiger partial charge in [-0.3, -0.25) is 14.6 Å². The normalized spacial score (nSPS) is 21.6. The Morgan fingerprint density at radius 1 is 1.12 bits per heavy atom. The van der Waals surface area contributed by atoms with Gasteiger partial charge < -0.3 is 10.1 Å². The van der Waals surface area contributed by atoms with Crippen molar-refractivity contribution in [3.05, 3.63) is 82.7 Å². The van der Waals surface area contributed by atoms with Gasteiger partial charge in [-0.05, 0) is 48.1 Å². The number of esters is 1. The summed E-state index contributed by atoms with van der Waals surface area (Å²) < 4.78 is 5.06. The molecule has 0 unspecified atom stereocenters. The van der Waals surface area contributed by atoms with Crippen LogP contribution >= 0.6 is 0 Å². The Hall–Kier alpha value is -3.47. The van der Waals surface area contributed by atoms with E-state index in [1.807, 2.05) is 45.0 Å². The maximum Gasteiger partial charge on any atom is 0.317 e. The van der Waals surface area contributed by atoms with E-state index in [0.29, 0.717) is 12.0 Å². The van der Waals surface area contributed by atoms with E-state index in [1.165, 1.54) is 7.11 Å². The highest BCUT2D eigenvalue weighted by atomic mass is 16.5. The van der Waals surface area contributed by atoms with Crippen LogP contribution in [0.5, 0.6) is 0 Å². The zero-order chi connectivity index (χ0) is 22.6. The molecule has 0 amide bonds. The van der Waals surface area contributed by atoms with Gasteiger partial charge in [0.25, 0.3) is 0 Å². The summed E-state index contributed by atoms with van der Waals surface area (Å²) in [6.07, 6.45) is 2.36. The average molecular weight is 427 g/mol. The second-order valence-corrected chi connectivity index (χ2v) is 9.44. The van der Waals surface area contributed by atoms with Crippen LogP contribution in [0.2, 0.25) is 0 Å². The van der Waals surface area contributed by atoms with Gasteiger partial charge in [0.2, 0.25) is 0 Å². The minimum atomic E-state index is -0.837. The van der Waals surface area contributed by atoms with Gasteiger partial charge in [0, 0.05) is 34.5 Å². The molecule has 0 saturated carbocycles. The zero-order valence-corrected chi connectivity index (χ0v) is 18.7. The van der Waals surface area contributed by atoms with E-state index in [4.69, 9.17) is 4.74 Å². The molecule has 5 nitrogen and oxygen atoms in total. The largest absolute Gasteiger partial charge is 0.468 e. The van der Waals surface area contributed by atoms with Crippen LogP contribution in [0.25, 0.3) is 10.9 Å². The number of hydrogen-bond acceptors (Lipinski definition) is 5. The number of aryl methyl sites for hydroxylation is 1. The summed E-state index contributed by atoms with van der Waals surface area (Å²) in [7, 11) is 1.35. The van der Waals surface area contributed by atoms with E-state index in [1.54, 1.807) is 6.20 Å². The van der Waals surface area contributed by atoms with Gasteiger partial charge in [0.05, 0.1) is 12.6 Å². The molecule has 0 fully saturated rings. The standard InChI is InChI=1S/C27H26N2O3/c1-15-7-9-16(10-8-15)21-22-17-6-5-13-28-18(17)11-12-19(22)29-20-14-27(2,3)24(26(31)32-4)25(30)23(20)21/h5-13,21,24,29H,14H2,1-4H3/t21-,24-/m0/s1. The van der Waals surface area contributed by atoms with Crippen LogP contribution < -0.4 is 5.32 Å². The quantitative estimate of drug-likeness (QED) is 0.454. The summed E-state index contributed by atoms with van der Waals surface area (Å²) in [5.41, 5.74) is 6.06. The van der Waals surface area contributed by atoms with E-state index in [0.717, 1.165) is 39.0 Å². The molecule has 1 aliphatic heterocycles. The molecular formula is C27H26N2O3. The van der Waals surface area contributed by atoms with E-state index in [9.17, 15) is 9.59 Å². The number of ether oxygens (including phenoxy) is 1. The lowest BCUT2D eigenvalue weighted by atomic mass is 9.63. The van der Waals surface area contributed by atoms with E-state index < -0.39 is 17.3 Å². The molecule has 32 heavy (non-hydrogen) atoms. The van der Waals surface area contributed by atoms with Gasteiger partial charge in [-0.15, -0.1) is 0 Å². The molecule has 1 aliphatic carbocycles. The van der Waals surface area contributed by atoms with Crippen molar-refractivity contribution in [1.82, 2.24) is 4.98 Å². The molecule has 0 bridgehead atoms. The Bertz CT molecular complexity index is 1290. The number of anilines is 1. The smallest absolute Gasteiger partial charge is 0.317 e. The SMILES string of the molecule is COC(=O)[C@@H]1C(=O)C2=C(CC1(C)C)Nc1ccc3ncccc3c1[C@@H]2c1ccc(C)cc1. The lowest BCUT2D eigenvalue weighted by Gasteiger charge is -2.43. The molecule has 0 spiro atoms. The van der Waals surface area contributed by atoms with Crippen molar-refractivity contribution < 1.29 is 14.3 Å². The molecule has 0 saturated heterocycles. The summed E-state index contributed by atoms with van der Waals surface area (Å²) >= 11 is 0. The monoisotopic (exact) mass is 426 g/mol. The number of ketones is 1. The van der Waals surface area contributed by atoms with Gasteiger partial charge in [-0.1, -0.05) is 49.7 Å². The zero-order valence-electron chi connectivity index (χ0n) is 18.7. The number of carbonyl (C=O) groups excluding carboxylic acids is 2. The van der Waals surface area contributed by atoms with Crippen molar-refractivity contribution >= 4 is 28.3 Å². The number of benzene rings is 2.